The van der Waals surface area contributed by atoms with Crippen LogP contribution >= 0.6 is 0 Å². The first-order chi connectivity index (χ1) is 9.06. The van der Waals surface area contributed by atoms with E-state index < -0.39 is 5.97 Å². The lowest BCUT2D eigenvalue weighted by Gasteiger charge is -2.31. The Morgan fingerprint density at radius 2 is 2.05 bits per heavy atom. The van der Waals surface area contributed by atoms with E-state index in [1.54, 1.807) is 11.8 Å². The summed E-state index contributed by atoms with van der Waals surface area (Å²) >= 11 is 0. The number of nitrogens with zero attached hydrogens (tertiary/aromatic N) is 3. The van der Waals surface area contributed by atoms with Gasteiger partial charge in [0.2, 0.25) is 5.91 Å². The van der Waals surface area contributed by atoms with Gasteiger partial charge >= 0.3 is 5.97 Å². The molecule has 7 heteroatoms. The van der Waals surface area contributed by atoms with Crippen molar-refractivity contribution >= 4 is 11.9 Å². The van der Waals surface area contributed by atoms with Crippen LogP contribution in [0.25, 0.3) is 0 Å². The van der Waals surface area contributed by atoms with Crippen molar-refractivity contribution in [3.63, 3.8) is 0 Å². The molecule has 0 atom stereocenters. The van der Waals surface area contributed by atoms with Crippen molar-refractivity contribution < 1.29 is 19.3 Å². The summed E-state index contributed by atoms with van der Waals surface area (Å²) in [6.45, 7) is 2.97. The molecule has 0 spiro atoms. The van der Waals surface area contributed by atoms with E-state index in [1.165, 1.54) is 0 Å². The second-order valence-electron chi connectivity index (χ2n) is 4.90. The monoisotopic (exact) mass is 267 g/mol. The van der Waals surface area contributed by atoms with E-state index >= 15 is 0 Å². The van der Waals surface area contributed by atoms with Gasteiger partial charge in [0.05, 0.1) is 6.42 Å². The van der Waals surface area contributed by atoms with Gasteiger partial charge in [-0.3, -0.25) is 9.59 Å². The highest BCUT2D eigenvalue weighted by molar-refractivity contribution is 5.78. The average Bonchev–Trinajstić information content (AvgIpc) is 2.75. The Balaban J connectivity index is 1.83. The summed E-state index contributed by atoms with van der Waals surface area (Å²) in [5.41, 5.74) is 1.20. The number of carbonyl (C=O) groups excluding carboxylic acids is 1. The minimum absolute atomic E-state index is 0.00687. The number of carboxylic acids is 1. The van der Waals surface area contributed by atoms with Gasteiger partial charge in [0.1, 0.15) is 11.4 Å². The lowest BCUT2D eigenvalue weighted by Crippen LogP contribution is -2.39. The van der Waals surface area contributed by atoms with Gasteiger partial charge in [0.15, 0.2) is 0 Å². The number of piperidine rings is 1. The molecular weight excluding hydrogens is 250 g/mol. The third-order valence-electron chi connectivity index (χ3n) is 3.50. The van der Waals surface area contributed by atoms with E-state index in [2.05, 4.69) is 14.9 Å². The number of hydrogen-bond acceptors (Lipinski definition) is 5. The fraction of sp³-hybridized carbons (Fsp3) is 0.667. The third kappa shape index (κ3) is 3.52. The molecule has 1 fully saturated rings. The summed E-state index contributed by atoms with van der Waals surface area (Å²) in [5, 5.41) is 16.1. The molecule has 1 aromatic heterocycles. The molecule has 1 N–H and O–H groups in total. The van der Waals surface area contributed by atoms with Crippen LogP contribution in [-0.4, -0.2) is 45.3 Å². The zero-order valence-corrected chi connectivity index (χ0v) is 10.8. The summed E-state index contributed by atoms with van der Waals surface area (Å²) in [4.78, 5) is 24.4. The van der Waals surface area contributed by atoms with Gasteiger partial charge in [-0.05, 0) is 25.7 Å². The highest BCUT2D eigenvalue weighted by atomic mass is 16.6. The number of hydrogen-bond donors (Lipinski definition) is 1. The van der Waals surface area contributed by atoms with Crippen LogP contribution in [0.5, 0.6) is 0 Å². The molecule has 1 aliphatic heterocycles. The Morgan fingerprint density at radius 3 is 2.58 bits per heavy atom. The van der Waals surface area contributed by atoms with Crippen molar-refractivity contribution in [3.05, 3.63) is 11.4 Å². The van der Waals surface area contributed by atoms with Crippen molar-refractivity contribution in [2.45, 2.75) is 32.6 Å². The molecule has 0 bridgehead atoms. The van der Waals surface area contributed by atoms with Crippen LogP contribution in [0.4, 0.5) is 0 Å². The molecule has 0 saturated carbocycles. The van der Waals surface area contributed by atoms with Gasteiger partial charge in [-0.25, -0.2) is 4.63 Å². The van der Waals surface area contributed by atoms with Gasteiger partial charge in [0.25, 0.3) is 0 Å². The fourth-order valence-corrected chi connectivity index (χ4v) is 2.30. The Kier molecular flexibility index (Phi) is 4.13. The quantitative estimate of drug-likeness (QED) is 0.859. The Labute approximate surface area is 110 Å². The zero-order chi connectivity index (χ0) is 13.8. The molecule has 0 aromatic carbocycles. The van der Waals surface area contributed by atoms with Gasteiger partial charge in [-0.1, -0.05) is 10.3 Å². The number of aromatic nitrogens is 2. The molecular formula is C12H17N3O4. The summed E-state index contributed by atoms with van der Waals surface area (Å²) in [7, 11) is 0. The fourth-order valence-electron chi connectivity index (χ4n) is 2.30. The zero-order valence-electron chi connectivity index (χ0n) is 10.8. The predicted octanol–water partition coefficient (Wildman–Crippen LogP) is 0.634. The highest BCUT2D eigenvalue weighted by Crippen LogP contribution is 2.21. The van der Waals surface area contributed by atoms with E-state index in [0.29, 0.717) is 24.5 Å². The molecule has 0 aliphatic carbocycles. The molecule has 1 aromatic rings. The molecule has 1 amide bonds. The molecule has 1 aliphatic rings. The molecule has 0 unspecified atom stereocenters. The van der Waals surface area contributed by atoms with Crippen LogP contribution in [0.3, 0.4) is 0 Å². The second kappa shape index (κ2) is 5.81. The smallest absolute Gasteiger partial charge is 0.303 e. The number of carbonyl (C=O) groups is 2. The summed E-state index contributed by atoms with van der Waals surface area (Å²) in [6, 6.07) is 0. The van der Waals surface area contributed by atoms with Crippen molar-refractivity contribution in [3.8, 4) is 0 Å². The van der Waals surface area contributed by atoms with Crippen LogP contribution in [0.2, 0.25) is 0 Å². The maximum Gasteiger partial charge on any atom is 0.303 e. The average molecular weight is 267 g/mol. The number of amides is 1. The Hall–Kier alpha value is -1.92. The minimum Gasteiger partial charge on any atom is -0.481 e. The molecule has 7 nitrogen and oxygen atoms in total. The number of likely N-dealkylation sites (tertiary alicyclic amines) is 1. The molecule has 2 rings (SSSR count). The SMILES string of the molecule is Cc1nonc1CC(=O)N1CCC(CC(=O)O)CC1. The maximum absolute atomic E-state index is 12.0. The highest BCUT2D eigenvalue weighted by Gasteiger charge is 2.25. The van der Waals surface area contributed by atoms with Crippen molar-refractivity contribution in [2.24, 2.45) is 5.92 Å². The van der Waals surface area contributed by atoms with Crippen LogP contribution in [0.1, 0.15) is 30.7 Å². The molecule has 0 radical (unpaired) electrons. The van der Waals surface area contributed by atoms with Gasteiger partial charge in [0, 0.05) is 19.5 Å². The lowest BCUT2D eigenvalue weighted by molar-refractivity contribution is -0.138. The Bertz CT molecular complexity index is 463. The standard InChI is InChI=1S/C12H17N3O4/c1-8-10(14-19-13-8)7-11(16)15-4-2-9(3-5-15)6-12(17)18/h9H,2-7H2,1H3,(H,17,18). The van der Waals surface area contributed by atoms with Crippen LogP contribution < -0.4 is 0 Å². The van der Waals surface area contributed by atoms with Gasteiger partial charge in [-0.2, -0.15) is 0 Å². The number of carboxylic acid groups (broad SMARTS) is 1. The van der Waals surface area contributed by atoms with Crippen molar-refractivity contribution in [1.82, 2.24) is 15.2 Å². The lowest BCUT2D eigenvalue weighted by atomic mass is 9.93. The predicted molar refractivity (Wildman–Crippen MR) is 64.3 cm³/mol. The van der Waals surface area contributed by atoms with E-state index in [9.17, 15) is 9.59 Å². The van der Waals surface area contributed by atoms with Gasteiger partial charge in [-0.15, -0.1) is 0 Å². The topological polar surface area (TPSA) is 96.5 Å². The van der Waals surface area contributed by atoms with Crippen LogP contribution in [0, 0.1) is 12.8 Å². The van der Waals surface area contributed by atoms with Crippen LogP contribution in [-0.2, 0) is 16.0 Å². The molecule has 104 valence electrons. The van der Waals surface area contributed by atoms with E-state index in [0.717, 1.165) is 12.8 Å². The number of aliphatic carboxylic acids is 1. The summed E-state index contributed by atoms with van der Waals surface area (Å²) in [5.74, 6) is -0.598. The van der Waals surface area contributed by atoms with E-state index in [4.69, 9.17) is 5.11 Å². The summed E-state index contributed by atoms with van der Waals surface area (Å²) < 4.78 is 4.56. The molecule has 19 heavy (non-hydrogen) atoms. The first-order valence-electron chi connectivity index (χ1n) is 6.34. The van der Waals surface area contributed by atoms with Crippen LogP contribution in [0.15, 0.2) is 4.63 Å². The molecule has 2 heterocycles. The maximum atomic E-state index is 12.0. The van der Waals surface area contributed by atoms with Crippen molar-refractivity contribution in [2.75, 3.05) is 13.1 Å². The summed E-state index contributed by atoms with van der Waals surface area (Å²) in [6.07, 6.45) is 1.87. The van der Waals surface area contributed by atoms with Crippen molar-refractivity contribution in [1.29, 1.82) is 0 Å². The largest absolute Gasteiger partial charge is 0.481 e. The normalized spacial score (nSPS) is 16.6. The first kappa shape index (κ1) is 13.5. The number of aryl methyl sites for hydroxylation is 1. The van der Waals surface area contributed by atoms with E-state index in [1.807, 2.05) is 0 Å². The first-order valence-corrected chi connectivity index (χ1v) is 6.34. The minimum atomic E-state index is -0.769. The van der Waals surface area contributed by atoms with E-state index in [-0.39, 0.29) is 24.7 Å². The third-order valence-corrected chi connectivity index (χ3v) is 3.50. The van der Waals surface area contributed by atoms with Gasteiger partial charge < -0.3 is 10.0 Å². The Morgan fingerprint density at radius 1 is 1.37 bits per heavy atom. The molecule has 1 saturated heterocycles. The number of rotatable bonds is 4. The second-order valence-corrected chi connectivity index (χ2v) is 4.90.